The third-order valence-corrected chi connectivity index (χ3v) is 3.06. The van der Waals surface area contributed by atoms with E-state index in [0.29, 0.717) is 17.0 Å². The molecule has 2 nitrogen and oxygen atoms in total. The van der Waals surface area contributed by atoms with Crippen molar-refractivity contribution in [2.75, 3.05) is 0 Å². The lowest BCUT2D eigenvalue weighted by molar-refractivity contribution is 0.0918. The molecule has 0 aromatic heterocycles. The van der Waals surface area contributed by atoms with Gasteiger partial charge in [0.1, 0.15) is 0 Å². The van der Waals surface area contributed by atoms with E-state index >= 15 is 0 Å². The van der Waals surface area contributed by atoms with Crippen molar-refractivity contribution in [2.45, 2.75) is 26.7 Å². The van der Waals surface area contributed by atoms with Crippen LogP contribution >= 0.6 is 11.6 Å². The van der Waals surface area contributed by atoms with Crippen LogP contribution in [0.4, 0.5) is 0 Å². The predicted molar refractivity (Wildman–Crippen MR) is 64.5 cm³/mol. The monoisotopic (exact) mass is 235 g/mol. The van der Waals surface area contributed by atoms with Gasteiger partial charge in [-0.1, -0.05) is 30.7 Å². The van der Waals surface area contributed by atoms with E-state index in [1.54, 1.807) is 12.1 Å². The average molecular weight is 236 g/mol. The van der Waals surface area contributed by atoms with Crippen LogP contribution < -0.4 is 0 Å². The summed E-state index contributed by atoms with van der Waals surface area (Å²) in [5, 5.41) is 9.23. The maximum absolute atomic E-state index is 12.0. The minimum absolute atomic E-state index is 0.00551. The highest BCUT2D eigenvalue weighted by Gasteiger charge is 2.18. The van der Waals surface area contributed by atoms with Crippen LogP contribution in [-0.4, -0.2) is 5.78 Å². The van der Waals surface area contributed by atoms with E-state index in [9.17, 15) is 4.79 Å². The fourth-order valence-corrected chi connectivity index (χ4v) is 1.69. The number of benzene rings is 1. The quantitative estimate of drug-likeness (QED) is 0.746. The number of rotatable bonds is 4. The van der Waals surface area contributed by atoms with E-state index in [0.717, 1.165) is 5.56 Å². The Morgan fingerprint density at radius 1 is 1.56 bits per heavy atom. The maximum Gasteiger partial charge on any atom is 0.167 e. The second-order valence-corrected chi connectivity index (χ2v) is 4.20. The average Bonchev–Trinajstić information content (AvgIpc) is 2.28. The summed E-state index contributed by atoms with van der Waals surface area (Å²) in [7, 11) is 0. The number of nitrogens with zero attached hydrogens (tertiary/aromatic N) is 1. The molecule has 1 atom stereocenters. The van der Waals surface area contributed by atoms with Crippen molar-refractivity contribution in [3.63, 3.8) is 0 Å². The van der Waals surface area contributed by atoms with Gasteiger partial charge in [0.15, 0.2) is 5.78 Å². The van der Waals surface area contributed by atoms with Crippen LogP contribution in [0.2, 0.25) is 5.02 Å². The second-order valence-electron chi connectivity index (χ2n) is 3.80. The van der Waals surface area contributed by atoms with Crippen molar-refractivity contribution in [2.24, 2.45) is 5.92 Å². The highest BCUT2D eigenvalue weighted by molar-refractivity contribution is 6.31. The first-order valence-corrected chi connectivity index (χ1v) is 5.65. The molecule has 0 saturated heterocycles. The summed E-state index contributed by atoms with van der Waals surface area (Å²) in [6, 6.07) is 7.32. The summed E-state index contributed by atoms with van der Waals surface area (Å²) in [6.07, 6.45) is 0.943. The third kappa shape index (κ3) is 2.84. The van der Waals surface area contributed by atoms with Crippen molar-refractivity contribution < 1.29 is 4.79 Å². The van der Waals surface area contributed by atoms with Crippen molar-refractivity contribution >= 4 is 17.4 Å². The van der Waals surface area contributed by atoms with Crippen LogP contribution in [0.5, 0.6) is 0 Å². The van der Waals surface area contributed by atoms with Crippen molar-refractivity contribution in [1.82, 2.24) is 0 Å². The van der Waals surface area contributed by atoms with Crippen molar-refractivity contribution in [3.8, 4) is 6.07 Å². The molecule has 0 N–H and O–H groups in total. The van der Waals surface area contributed by atoms with Gasteiger partial charge in [-0.2, -0.15) is 5.26 Å². The predicted octanol–water partition coefficient (Wildman–Crippen LogP) is 3.77. The Bertz CT molecular complexity index is 434. The minimum Gasteiger partial charge on any atom is -0.294 e. The maximum atomic E-state index is 12.0. The van der Waals surface area contributed by atoms with Gasteiger partial charge in [-0.05, 0) is 25.0 Å². The number of aryl methyl sites for hydroxylation is 1. The summed E-state index contributed by atoms with van der Waals surface area (Å²) in [5.74, 6) is -0.213. The molecule has 0 saturated carbocycles. The van der Waals surface area contributed by atoms with Crippen LogP contribution in [0.1, 0.15) is 35.7 Å². The molecular formula is C13H14ClNO. The summed E-state index contributed by atoms with van der Waals surface area (Å²) in [6.45, 7) is 3.80. The van der Waals surface area contributed by atoms with Crippen molar-refractivity contribution in [3.05, 3.63) is 34.3 Å². The third-order valence-electron chi connectivity index (χ3n) is 2.66. The Morgan fingerprint density at radius 3 is 2.75 bits per heavy atom. The lowest BCUT2D eigenvalue weighted by atomic mass is 9.92. The fraction of sp³-hybridized carbons (Fsp3) is 0.385. The summed E-state index contributed by atoms with van der Waals surface area (Å²) < 4.78 is 0. The van der Waals surface area contributed by atoms with Crippen LogP contribution in [0.25, 0.3) is 0 Å². The van der Waals surface area contributed by atoms with E-state index in [4.69, 9.17) is 16.9 Å². The zero-order valence-corrected chi connectivity index (χ0v) is 10.2. The van der Waals surface area contributed by atoms with Gasteiger partial charge >= 0.3 is 0 Å². The van der Waals surface area contributed by atoms with Gasteiger partial charge in [0, 0.05) is 22.9 Å². The van der Waals surface area contributed by atoms with Crippen LogP contribution in [0, 0.1) is 24.2 Å². The summed E-state index contributed by atoms with van der Waals surface area (Å²) in [5.41, 5.74) is 1.55. The van der Waals surface area contributed by atoms with Crippen molar-refractivity contribution in [1.29, 1.82) is 5.26 Å². The first-order valence-electron chi connectivity index (χ1n) is 5.27. The highest BCUT2D eigenvalue weighted by atomic mass is 35.5. The number of ketones is 1. The molecule has 0 aliphatic rings. The Hall–Kier alpha value is -1.33. The number of halogens is 1. The molecule has 0 heterocycles. The molecule has 0 radical (unpaired) electrons. The minimum atomic E-state index is -0.219. The Labute approximate surface area is 101 Å². The first-order chi connectivity index (χ1) is 7.60. The number of Topliss-reactive ketones (excluding diaryl/α,β-unsaturated/α-hetero) is 1. The van der Waals surface area contributed by atoms with E-state index in [1.165, 1.54) is 0 Å². The van der Waals surface area contributed by atoms with E-state index < -0.39 is 0 Å². The number of nitriles is 1. The van der Waals surface area contributed by atoms with E-state index in [1.807, 2.05) is 26.0 Å². The number of carbonyl (C=O) groups is 1. The second kappa shape index (κ2) is 5.67. The van der Waals surface area contributed by atoms with Gasteiger partial charge in [0.05, 0.1) is 6.07 Å². The number of carbonyl (C=O) groups excluding carboxylic acids is 1. The highest BCUT2D eigenvalue weighted by Crippen LogP contribution is 2.21. The molecule has 1 aromatic rings. The van der Waals surface area contributed by atoms with Gasteiger partial charge in [-0.25, -0.2) is 0 Å². The van der Waals surface area contributed by atoms with Crippen LogP contribution in [-0.2, 0) is 0 Å². The van der Waals surface area contributed by atoms with Gasteiger partial charge in [-0.3, -0.25) is 4.79 Å². The Balaban J connectivity index is 2.95. The fourth-order valence-electron chi connectivity index (χ4n) is 1.51. The molecule has 84 valence electrons. The lowest BCUT2D eigenvalue weighted by Crippen LogP contribution is -2.13. The molecule has 0 bridgehead atoms. The molecule has 1 rings (SSSR count). The first kappa shape index (κ1) is 12.7. The van der Waals surface area contributed by atoms with Gasteiger partial charge in [0.25, 0.3) is 0 Å². The van der Waals surface area contributed by atoms with E-state index in [2.05, 4.69) is 0 Å². The normalized spacial score (nSPS) is 11.9. The molecule has 3 heteroatoms. The Kier molecular flexibility index (Phi) is 4.52. The molecular weight excluding hydrogens is 222 g/mol. The van der Waals surface area contributed by atoms with Crippen LogP contribution in [0.15, 0.2) is 18.2 Å². The molecule has 1 unspecified atom stereocenters. The molecule has 0 amide bonds. The molecule has 16 heavy (non-hydrogen) atoms. The van der Waals surface area contributed by atoms with E-state index in [-0.39, 0.29) is 18.1 Å². The molecule has 0 spiro atoms. The molecule has 1 aromatic carbocycles. The molecule has 0 aliphatic carbocycles. The summed E-state index contributed by atoms with van der Waals surface area (Å²) in [4.78, 5) is 12.0. The topological polar surface area (TPSA) is 40.9 Å². The zero-order chi connectivity index (χ0) is 12.1. The molecule has 0 aliphatic heterocycles. The van der Waals surface area contributed by atoms with Gasteiger partial charge in [0.2, 0.25) is 0 Å². The van der Waals surface area contributed by atoms with Crippen LogP contribution in [0.3, 0.4) is 0 Å². The number of hydrogen-bond donors (Lipinski definition) is 0. The molecule has 0 fully saturated rings. The SMILES string of the molecule is CCC(CC#N)C(=O)c1ccc(C)c(Cl)c1. The standard InChI is InChI=1S/C13H14ClNO/c1-3-10(6-7-15)13(16)11-5-4-9(2)12(14)8-11/h4-5,8,10H,3,6H2,1-2H3. The number of hydrogen-bond acceptors (Lipinski definition) is 2. The smallest absolute Gasteiger partial charge is 0.167 e. The van der Waals surface area contributed by atoms with Gasteiger partial charge in [-0.15, -0.1) is 0 Å². The largest absolute Gasteiger partial charge is 0.294 e. The lowest BCUT2D eigenvalue weighted by Gasteiger charge is -2.10. The van der Waals surface area contributed by atoms with Gasteiger partial charge < -0.3 is 0 Å². The zero-order valence-electron chi connectivity index (χ0n) is 9.46. The summed E-state index contributed by atoms with van der Waals surface area (Å²) >= 11 is 5.97. The Morgan fingerprint density at radius 2 is 2.25 bits per heavy atom.